The summed E-state index contributed by atoms with van der Waals surface area (Å²) in [5.74, 6) is 4.35. The van der Waals surface area contributed by atoms with E-state index in [0.29, 0.717) is 0 Å². The van der Waals surface area contributed by atoms with Gasteiger partial charge >= 0.3 is 25.8 Å². The van der Waals surface area contributed by atoms with Crippen molar-refractivity contribution in [3.05, 3.63) is 40.2 Å². The summed E-state index contributed by atoms with van der Waals surface area (Å²) in [7, 11) is -0.981. The Kier molecular flexibility index (Phi) is 33.4. The van der Waals surface area contributed by atoms with Crippen LogP contribution in [0.4, 0.5) is 0 Å². The van der Waals surface area contributed by atoms with Gasteiger partial charge in [-0.2, -0.15) is 17.3 Å². The first-order valence-electron chi connectivity index (χ1n) is 14.6. The van der Waals surface area contributed by atoms with Gasteiger partial charge in [-0.25, -0.2) is 12.1 Å². The third-order valence-electron chi connectivity index (χ3n) is 4.49. The van der Waals surface area contributed by atoms with Crippen LogP contribution in [0.2, 0.25) is 19.6 Å². The van der Waals surface area contributed by atoms with E-state index in [2.05, 4.69) is 143 Å². The number of rotatable bonds is 13. The minimum atomic E-state index is -0.981. The molecule has 37 heavy (non-hydrogen) atoms. The first-order chi connectivity index (χ1) is 16.5. The van der Waals surface area contributed by atoms with Gasteiger partial charge in [-0.15, -0.1) is 39.3 Å². The average molecular weight is 700 g/mol. The fourth-order valence-corrected chi connectivity index (χ4v) is 3.84. The van der Waals surface area contributed by atoms with E-state index in [0.717, 1.165) is 74.8 Å². The van der Waals surface area contributed by atoms with Crippen LogP contribution in [0.15, 0.2) is 24.3 Å². The van der Waals surface area contributed by atoms with E-state index in [-0.39, 0.29) is 25.8 Å². The third-order valence-corrected chi connectivity index (χ3v) is 6.56. The van der Waals surface area contributed by atoms with E-state index in [1.807, 2.05) is 0 Å². The van der Waals surface area contributed by atoms with Crippen molar-refractivity contribution in [2.24, 2.45) is 35.5 Å². The Morgan fingerprint density at radius 3 is 0.757 bits per heavy atom. The molecule has 0 fully saturated rings. The maximum Gasteiger partial charge on any atom is 4.00 e. The van der Waals surface area contributed by atoms with Gasteiger partial charge in [0.1, 0.15) is 0 Å². The van der Waals surface area contributed by atoms with Gasteiger partial charge in [0, 0.05) is 8.07 Å². The molecular weight excluding hydrogens is 633 g/mol. The van der Waals surface area contributed by atoms with Gasteiger partial charge in [-0.1, -0.05) is 138 Å². The van der Waals surface area contributed by atoms with Gasteiger partial charge in [-0.3, -0.25) is 0 Å². The van der Waals surface area contributed by atoms with E-state index >= 15 is 0 Å². The smallest absolute Gasteiger partial charge is 0.662 e. The van der Waals surface area contributed by atoms with Crippen molar-refractivity contribution < 1.29 is 25.8 Å². The van der Waals surface area contributed by atoms with Crippen LogP contribution in [-0.2, 0) is 25.8 Å². The van der Waals surface area contributed by atoms with Crippen LogP contribution < -0.4 is 5.19 Å². The molecule has 0 spiro atoms. The van der Waals surface area contributed by atoms with Crippen molar-refractivity contribution in [3.8, 4) is 0 Å². The minimum Gasteiger partial charge on any atom is -0.662 e. The average Bonchev–Trinajstić information content (AvgIpc) is 3.23. The van der Waals surface area contributed by atoms with Gasteiger partial charge in [0.15, 0.2) is 0 Å². The molecule has 218 valence electrons. The summed E-state index contributed by atoms with van der Waals surface area (Å²) in [5, 5.41) is 14.7. The van der Waals surface area contributed by atoms with E-state index in [1.54, 1.807) is 5.19 Å². The van der Waals surface area contributed by atoms with Crippen LogP contribution in [0, 0.1) is 35.5 Å². The molecular formula is C32H67HfN3Si. The Hall–Kier alpha value is 0.317. The van der Waals surface area contributed by atoms with Gasteiger partial charge in [0.05, 0.1) is 0 Å². The van der Waals surface area contributed by atoms with Gasteiger partial charge in [-0.05, 0) is 0 Å². The van der Waals surface area contributed by atoms with E-state index in [4.69, 9.17) is 0 Å². The molecule has 0 saturated carbocycles. The minimum absolute atomic E-state index is 0. The van der Waals surface area contributed by atoms with Crippen molar-refractivity contribution in [1.82, 2.24) is 0 Å². The summed E-state index contributed by atoms with van der Waals surface area (Å²) in [6, 6.07) is 8.69. The molecule has 0 aromatic heterocycles. The molecule has 0 saturated heterocycles. The predicted molar refractivity (Wildman–Crippen MR) is 173 cm³/mol. The summed E-state index contributed by atoms with van der Waals surface area (Å²) < 4.78 is 0. The number of hydrogen-bond acceptors (Lipinski definition) is 0. The third kappa shape index (κ3) is 43.6. The largest absolute Gasteiger partial charge is 4.00 e. The molecule has 0 unspecified atom stereocenters. The summed E-state index contributed by atoms with van der Waals surface area (Å²) in [6.07, 6.45) is 0. The molecule has 0 N–H and O–H groups in total. The molecule has 0 aliphatic heterocycles. The normalized spacial score (nSPS) is 11.2. The van der Waals surface area contributed by atoms with Crippen LogP contribution in [0.3, 0.4) is 0 Å². The van der Waals surface area contributed by atoms with Crippen molar-refractivity contribution >= 4 is 13.3 Å². The molecule has 0 radical (unpaired) electrons. The van der Waals surface area contributed by atoms with Crippen LogP contribution in [0.1, 0.15) is 83.1 Å². The first-order valence-corrected chi connectivity index (χ1v) is 18.1. The zero-order chi connectivity index (χ0) is 28.7. The summed E-state index contributed by atoms with van der Waals surface area (Å²) in [6.45, 7) is 39.6. The van der Waals surface area contributed by atoms with Crippen molar-refractivity contribution in [3.63, 3.8) is 0 Å². The Bertz CT molecular complexity index is 466. The molecule has 5 heteroatoms. The standard InChI is InChI=1S/3C8H18N.C8H13Si.Hf/c3*1-7(2)5-9-6-8(3)4;1-9(2,3)8-6-4-5-7-8;/h3*7-8H,5-6H2,1-4H3;4-7H,1-3H3;/q4*-1;+4. The van der Waals surface area contributed by atoms with Crippen LogP contribution in [0.5, 0.6) is 0 Å². The Balaban J connectivity index is -0.000000194. The topological polar surface area (TPSA) is 42.3 Å². The maximum absolute atomic E-state index is 4.37. The van der Waals surface area contributed by atoms with Crippen molar-refractivity contribution in [1.29, 1.82) is 0 Å². The monoisotopic (exact) mass is 701 g/mol. The molecule has 0 aliphatic carbocycles. The summed E-state index contributed by atoms with van der Waals surface area (Å²) >= 11 is 0. The Morgan fingerprint density at radius 2 is 0.649 bits per heavy atom. The summed E-state index contributed by atoms with van der Waals surface area (Å²) in [5.41, 5.74) is 0. The SMILES string of the molecule is CC(C)C[N-]CC(C)C.CC(C)C[N-]CC(C)C.CC(C)C[N-]CC(C)C.C[Si](C)(C)[c-]1cccc1.[Hf+4]. The number of hydrogen-bond donors (Lipinski definition) is 0. The summed E-state index contributed by atoms with van der Waals surface area (Å²) in [4.78, 5) is 0. The molecule has 0 atom stereocenters. The fraction of sp³-hybridized carbons (Fsp3) is 0.844. The molecule has 0 heterocycles. The van der Waals surface area contributed by atoms with E-state index < -0.39 is 8.07 Å². The van der Waals surface area contributed by atoms with Crippen LogP contribution in [0.25, 0.3) is 16.0 Å². The second-order valence-corrected chi connectivity index (χ2v) is 18.6. The van der Waals surface area contributed by atoms with Crippen molar-refractivity contribution in [2.45, 2.75) is 103 Å². The van der Waals surface area contributed by atoms with E-state index in [9.17, 15) is 0 Å². The molecule has 0 bridgehead atoms. The van der Waals surface area contributed by atoms with Crippen LogP contribution >= 0.6 is 0 Å². The number of nitrogens with zero attached hydrogens (tertiary/aromatic N) is 3. The molecule has 1 aromatic carbocycles. The van der Waals surface area contributed by atoms with Crippen molar-refractivity contribution in [2.75, 3.05) is 39.3 Å². The van der Waals surface area contributed by atoms with Gasteiger partial charge in [0.2, 0.25) is 0 Å². The molecule has 1 rings (SSSR count). The molecule has 0 aliphatic rings. The maximum atomic E-state index is 4.37. The van der Waals surface area contributed by atoms with Gasteiger partial charge in [0.25, 0.3) is 0 Å². The predicted octanol–water partition coefficient (Wildman–Crippen LogP) is 9.96. The van der Waals surface area contributed by atoms with E-state index in [1.165, 1.54) is 0 Å². The molecule has 1 aromatic rings. The second kappa shape index (κ2) is 27.9. The zero-order valence-electron chi connectivity index (χ0n) is 27.9. The van der Waals surface area contributed by atoms with Crippen LogP contribution in [-0.4, -0.2) is 47.3 Å². The Labute approximate surface area is 255 Å². The Morgan fingerprint density at radius 1 is 0.459 bits per heavy atom. The first kappa shape index (κ1) is 44.3. The quantitative estimate of drug-likeness (QED) is 0.145. The second-order valence-electron chi connectivity index (χ2n) is 13.6. The fourth-order valence-electron chi connectivity index (χ4n) is 2.65. The zero-order valence-corrected chi connectivity index (χ0v) is 32.5. The molecule has 0 amide bonds. The van der Waals surface area contributed by atoms with Gasteiger partial charge < -0.3 is 16.0 Å². The molecule has 3 nitrogen and oxygen atoms in total.